The monoisotopic (exact) mass is 256 g/mol. The zero-order valence-corrected chi connectivity index (χ0v) is 11.5. The first kappa shape index (κ1) is 14.2. The second-order valence-electron chi connectivity index (χ2n) is 4.27. The van der Waals surface area contributed by atoms with Crippen molar-refractivity contribution in [2.75, 3.05) is 7.11 Å². The Hall–Kier alpha value is -0.870. The Morgan fingerprint density at radius 1 is 1.24 bits per heavy atom. The second kappa shape index (κ2) is 6.17. The van der Waals surface area contributed by atoms with E-state index in [2.05, 4.69) is 13.8 Å². The maximum Gasteiger partial charge on any atom is 0.120 e. The lowest BCUT2D eigenvalue weighted by molar-refractivity contribution is 0.190. The first-order chi connectivity index (χ1) is 7.95. The largest absolute Gasteiger partial charge is 0.508 e. The van der Waals surface area contributed by atoms with Gasteiger partial charge in [-0.2, -0.15) is 0 Å². The van der Waals surface area contributed by atoms with Gasteiger partial charge in [0.05, 0.1) is 18.5 Å². The van der Waals surface area contributed by atoms with Gasteiger partial charge in [-0.3, -0.25) is 0 Å². The average Bonchev–Trinajstić information content (AvgIpc) is 2.26. The van der Waals surface area contributed by atoms with Gasteiger partial charge < -0.3 is 14.9 Å². The molecule has 0 heterocycles. The molecule has 0 aromatic heterocycles. The van der Waals surface area contributed by atoms with E-state index in [1.165, 1.54) is 0 Å². The number of hydrogen-bond acceptors (Lipinski definition) is 4. The number of rotatable bonds is 5. The number of hydrogen-bond donors (Lipinski definition) is 2. The van der Waals surface area contributed by atoms with Gasteiger partial charge in [0.15, 0.2) is 0 Å². The highest BCUT2D eigenvalue weighted by Gasteiger charge is 2.22. The SMILES string of the molecule is COc1ccc(O)c(C(SC(C)C)C(C)O)c1. The number of aliphatic hydroxyl groups excluding tert-OH is 1. The molecule has 2 unspecified atom stereocenters. The van der Waals surface area contributed by atoms with Crippen molar-refractivity contribution in [2.24, 2.45) is 0 Å². The molecule has 17 heavy (non-hydrogen) atoms. The van der Waals surface area contributed by atoms with Crippen molar-refractivity contribution in [1.29, 1.82) is 0 Å². The average molecular weight is 256 g/mol. The normalized spacial score (nSPS) is 14.7. The van der Waals surface area contributed by atoms with Crippen molar-refractivity contribution in [2.45, 2.75) is 37.4 Å². The van der Waals surface area contributed by atoms with Gasteiger partial charge in [0, 0.05) is 5.56 Å². The summed E-state index contributed by atoms with van der Waals surface area (Å²) in [6, 6.07) is 5.09. The predicted molar refractivity (Wildman–Crippen MR) is 71.8 cm³/mol. The number of aromatic hydroxyl groups is 1. The van der Waals surface area contributed by atoms with Crippen LogP contribution in [0.15, 0.2) is 18.2 Å². The van der Waals surface area contributed by atoms with Crippen molar-refractivity contribution >= 4 is 11.8 Å². The van der Waals surface area contributed by atoms with Crippen molar-refractivity contribution in [3.63, 3.8) is 0 Å². The Balaban J connectivity index is 3.08. The fraction of sp³-hybridized carbons (Fsp3) is 0.538. The molecule has 1 aromatic rings. The molecular formula is C13H20O3S. The molecule has 0 aliphatic carbocycles. The van der Waals surface area contributed by atoms with Crippen molar-refractivity contribution in [1.82, 2.24) is 0 Å². The standard InChI is InChI=1S/C13H20O3S/c1-8(2)17-13(9(3)14)11-7-10(16-4)5-6-12(11)15/h5-9,13-15H,1-4H3. The van der Waals surface area contributed by atoms with Crippen LogP contribution in [0.4, 0.5) is 0 Å². The van der Waals surface area contributed by atoms with E-state index in [9.17, 15) is 10.2 Å². The lowest BCUT2D eigenvalue weighted by atomic mass is 10.1. The van der Waals surface area contributed by atoms with Crippen LogP contribution in [0.3, 0.4) is 0 Å². The Bertz CT molecular complexity index is 364. The third kappa shape index (κ3) is 3.82. The van der Waals surface area contributed by atoms with Crippen LogP contribution in [0.5, 0.6) is 11.5 Å². The van der Waals surface area contributed by atoms with Gasteiger partial charge in [-0.25, -0.2) is 0 Å². The highest BCUT2D eigenvalue weighted by Crippen LogP contribution is 2.40. The van der Waals surface area contributed by atoms with Gasteiger partial charge in [-0.05, 0) is 30.4 Å². The topological polar surface area (TPSA) is 49.7 Å². The summed E-state index contributed by atoms with van der Waals surface area (Å²) in [5.74, 6) is 0.887. The molecule has 0 amide bonds. The van der Waals surface area contributed by atoms with Crippen LogP contribution >= 0.6 is 11.8 Å². The zero-order chi connectivity index (χ0) is 13.0. The quantitative estimate of drug-likeness (QED) is 0.850. The van der Waals surface area contributed by atoms with Gasteiger partial charge in [-0.15, -0.1) is 11.8 Å². The summed E-state index contributed by atoms with van der Waals surface area (Å²) in [6.07, 6.45) is -0.527. The Kier molecular flexibility index (Phi) is 5.15. The van der Waals surface area contributed by atoms with E-state index in [-0.39, 0.29) is 11.0 Å². The second-order valence-corrected chi connectivity index (χ2v) is 5.99. The summed E-state index contributed by atoms with van der Waals surface area (Å²) < 4.78 is 5.14. The molecule has 2 atom stereocenters. The van der Waals surface area contributed by atoms with Gasteiger partial charge >= 0.3 is 0 Å². The van der Waals surface area contributed by atoms with E-state index in [4.69, 9.17) is 4.74 Å². The van der Waals surface area contributed by atoms with Crippen LogP contribution in [0.25, 0.3) is 0 Å². The van der Waals surface area contributed by atoms with Crippen molar-refractivity contribution in [3.8, 4) is 11.5 Å². The van der Waals surface area contributed by atoms with Crippen LogP contribution in [-0.2, 0) is 0 Å². The molecule has 1 aromatic carbocycles. The van der Waals surface area contributed by atoms with Gasteiger partial charge in [-0.1, -0.05) is 13.8 Å². The molecule has 96 valence electrons. The minimum absolute atomic E-state index is 0.148. The molecule has 4 heteroatoms. The van der Waals surface area contributed by atoms with Gasteiger partial charge in [0.2, 0.25) is 0 Å². The van der Waals surface area contributed by atoms with Crippen LogP contribution in [0.1, 0.15) is 31.6 Å². The molecule has 0 saturated carbocycles. The van der Waals surface area contributed by atoms with Crippen molar-refractivity contribution < 1.29 is 14.9 Å². The van der Waals surface area contributed by atoms with Crippen molar-refractivity contribution in [3.05, 3.63) is 23.8 Å². The van der Waals surface area contributed by atoms with Crippen LogP contribution < -0.4 is 4.74 Å². The summed E-state index contributed by atoms with van der Waals surface area (Å²) in [6.45, 7) is 5.87. The number of phenolic OH excluding ortho intramolecular Hbond substituents is 1. The summed E-state index contributed by atoms with van der Waals surface area (Å²) >= 11 is 1.63. The fourth-order valence-corrected chi connectivity index (χ4v) is 2.78. The van der Waals surface area contributed by atoms with E-state index < -0.39 is 6.10 Å². The number of benzene rings is 1. The fourth-order valence-electron chi connectivity index (χ4n) is 1.63. The zero-order valence-electron chi connectivity index (χ0n) is 10.7. The number of thioether (sulfide) groups is 1. The first-order valence-electron chi connectivity index (χ1n) is 5.66. The molecule has 0 aliphatic heterocycles. The maximum absolute atomic E-state index is 9.88. The molecule has 3 nitrogen and oxygen atoms in total. The summed E-state index contributed by atoms with van der Waals surface area (Å²) in [4.78, 5) is 0. The molecule has 0 saturated heterocycles. The minimum atomic E-state index is -0.527. The molecule has 1 rings (SSSR count). The Morgan fingerprint density at radius 3 is 2.35 bits per heavy atom. The molecule has 0 aliphatic rings. The van der Waals surface area contributed by atoms with Crippen LogP contribution in [-0.4, -0.2) is 28.7 Å². The van der Waals surface area contributed by atoms with Crippen LogP contribution in [0.2, 0.25) is 0 Å². The van der Waals surface area contributed by atoms with Gasteiger partial charge in [0.25, 0.3) is 0 Å². The third-order valence-electron chi connectivity index (χ3n) is 2.40. The number of ether oxygens (including phenoxy) is 1. The first-order valence-corrected chi connectivity index (χ1v) is 6.60. The lowest BCUT2D eigenvalue weighted by Gasteiger charge is -2.23. The van der Waals surface area contributed by atoms with E-state index in [1.807, 2.05) is 0 Å². The molecule has 2 N–H and O–H groups in total. The molecule has 0 fully saturated rings. The van der Waals surface area contributed by atoms with E-state index in [0.717, 1.165) is 5.56 Å². The number of methoxy groups -OCH3 is 1. The number of aliphatic hydroxyl groups is 1. The highest BCUT2D eigenvalue weighted by molar-refractivity contribution is 8.00. The highest BCUT2D eigenvalue weighted by atomic mass is 32.2. The molecular weight excluding hydrogens is 236 g/mol. The minimum Gasteiger partial charge on any atom is -0.508 e. The van der Waals surface area contributed by atoms with Gasteiger partial charge in [0.1, 0.15) is 11.5 Å². The van der Waals surface area contributed by atoms with E-state index in [1.54, 1.807) is 44.0 Å². The summed E-state index contributed by atoms with van der Waals surface area (Å²) in [5.41, 5.74) is 0.720. The number of phenols is 1. The Morgan fingerprint density at radius 2 is 1.88 bits per heavy atom. The smallest absolute Gasteiger partial charge is 0.120 e. The van der Waals surface area contributed by atoms with Crippen LogP contribution in [0, 0.1) is 0 Å². The predicted octanol–water partition coefficient (Wildman–Crippen LogP) is 2.96. The summed E-state index contributed by atoms with van der Waals surface area (Å²) in [7, 11) is 1.59. The lowest BCUT2D eigenvalue weighted by Crippen LogP contribution is -2.14. The molecule has 0 spiro atoms. The summed E-state index contributed by atoms with van der Waals surface area (Å²) in [5, 5.41) is 19.9. The third-order valence-corrected chi connectivity index (χ3v) is 3.88. The Labute approximate surface area is 107 Å². The molecule has 0 radical (unpaired) electrons. The maximum atomic E-state index is 9.88. The molecule has 0 bridgehead atoms. The van der Waals surface area contributed by atoms with E-state index in [0.29, 0.717) is 11.0 Å². The van der Waals surface area contributed by atoms with E-state index >= 15 is 0 Å².